The molecule has 0 bridgehead atoms. The van der Waals surface area contributed by atoms with Crippen LogP contribution in [0.5, 0.6) is 0 Å². The van der Waals surface area contributed by atoms with E-state index in [9.17, 15) is 17.2 Å². The monoisotopic (exact) mass is 216 g/mol. The fourth-order valence-corrected chi connectivity index (χ4v) is 1.57. The fraction of sp³-hybridized carbons (Fsp3) is 1.00. The van der Waals surface area contributed by atoms with Crippen LogP contribution in [0.3, 0.4) is 0 Å². The average molecular weight is 216 g/mol. The molecule has 80 valence electrons. The van der Waals surface area contributed by atoms with Gasteiger partial charge in [0.1, 0.15) is 11.9 Å². The van der Waals surface area contributed by atoms with Crippen LogP contribution in [-0.2, 0) is 10.1 Å². The summed E-state index contributed by atoms with van der Waals surface area (Å²) in [6.45, 7) is -0.435. The molecule has 0 saturated carbocycles. The maximum Gasteiger partial charge on any atom is 0.267 e. The second-order valence-electron chi connectivity index (χ2n) is 2.88. The Morgan fingerprint density at radius 3 is 2.31 bits per heavy atom. The predicted molar refractivity (Wildman–Crippen MR) is 45.8 cm³/mol. The zero-order chi connectivity index (χ0) is 10.3. The van der Waals surface area contributed by atoms with Gasteiger partial charge < -0.3 is 0 Å². The molecule has 0 amide bonds. The molecule has 1 atom stereocenters. The Morgan fingerprint density at radius 1 is 1.23 bits per heavy atom. The minimum atomic E-state index is -4.22. The first-order chi connectivity index (χ1) is 5.95. The van der Waals surface area contributed by atoms with Crippen molar-refractivity contribution >= 4 is 10.1 Å². The first-order valence-electron chi connectivity index (χ1n) is 4.11. The molecule has 0 aromatic rings. The molecule has 0 radical (unpaired) electrons. The second-order valence-corrected chi connectivity index (χ2v) is 4.38. The van der Waals surface area contributed by atoms with E-state index < -0.39 is 28.7 Å². The van der Waals surface area contributed by atoms with Crippen LogP contribution in [0.4, 0.5) is 8.78 Å². The summed E-state index contributed by atoms with van der Waals surface area (Å²) >= 11 is 0. The number of halogens is 2. The van der Waals surface area contributed by atoms with E-state index in [0.717, 1.165) is 0 Å². The van der Waals surface area contributed by atoms with Gasteiger partial charge >= 0.3 is 0 Å². The predicted octanol–water partition coefficient (Wildman–Crippen LogP) is 1.74. The van der Waals surface area contributed by atoms with E-state index in [4.69, 9.17) is 4.55 Å². The molecular weight excluding hydrogens is 202 g/mol. The molecular formula is C7H14F2O3S. The summed E-state index contributed by atoms with van der Waals surface area (Å²) in [6, 6.07) is 0. The summed E-state index contributed by atoms with van der Waals surface area (Å²) < 4.78 is 52.9. The van der Waals surface area contributed by atoms with Gasteiger partial charge in [-0.05, 0) is 12.8 Å². The molecule has 0 aromatic heterocycles. The van der Waals surface area contributed by atoms with Gasteiger partial charge in [0.25, 0.3) is 10.1 Å². The molecule has 0 fully saturated rings. The number of alkyl halides is 2. The summed E-state index contributed by atoms with van der Waals surface area (Å²) in [5, 5.41) is 0. The lowest BCUT2D eigenvalue weighted by Gasteiger charge is -2.04. The molecule has 1 N–H and O–H groups in total. The van der Waals surface area contributed by atoms with Crippen molar-refractivity contribution in [2.75, 3.05) is 12.4 Å². The Balaban J connectivity index is 3.47. The Bertz CT molecular complexity index is 216. The molecule has 0 aromatic carbocycles. The molecule has 0 heterocycles. The molecule has 3 nitrogen and oxygen atoms in total. The lowest BCUT2D eigenvalue weighted by Crippen LogP contribution is -2.16. The van der Waals surface area contributed by atoms with Crippen LogP contribution in [0.25, 0.3) is 0 Å². The largest absolute Gasteiger partial charge is 0.285 e. The highest BCUT2D eigenvalue weighted by atomic mass is 32.2. The van der Waals surface area contributed by atoms with Gasteiger partial charge in [0.15, 0.2) is 0 Å². The van der Waals surface area contributed by atoms with Gasteiger partial charge in [0.2, 0.25) is 0 Å². The number of rotatable bonds is 7. The lowest BCUT2D eigenvalue weighted by molar-refractivity contribution is 0.321. The van der Waals surface area contributed by atoms with Gasteiger partial charge in [-0.15, -0.1) is 0 Å². The number of hydrogen-bond donors (Lipinski definition) is 1. The fourth-order valence-electron chi connectivity index (χ4n) is 0.949. The molecule has 1 unspecified atom stereocenters. The highest BCUT2D eigenvalue weighted by molar-refractivity contribution is 7.85. The molecule has 0 spiro atoms. The van der Waals surface area contributed by atoms with Crippen molar-refractivity contribution < 1.29 is 21.8 Å². The Labute approximate surface area is 76.9 Å². The topological polar surface area (TPSA) is 54.4 Å². The number of hydrogen-bond acceptors (Lipinski definition) is 2. The van der Waals surface area contributed by atoms with Crippen molar-refractivity contribution in [2.45, 2.75) is 31.9 Å². The summed E-state index contributed by atoms with van der Waals surface area (Å²) in [7, 11) is -4.22. The maximum absolute atomic E-state index is 12.7. The summed E-state index contributed by atoms with van der Waals surface area (Å²) in [6.07, 6.45) is -0.129. The van der Waals surface area contributed by atoms with Crippen molar-refractivity contribution in [2.24, 2.45) is 0 Å². The highest BCUT2D eigenvalue weighted by Crippen LogP contribution is 2.08. The van der Waals surface area contributed by atoms with Crippen LogP contribution in [0.1, 0.15) is 25.7 Å². The van der Waals surface area contributed by atoms with Crippen molar-refractivity contribution in [3.8, 4) is 0 Å². The van der Waals surface area contributed by atoms with Crippen molar-refractivity contribution in [3.63, 3.8) is 0 Å². The quantitative estimate of drug-likeness (QED) is 0.521. The minimum Gasteiger partial charge on any atom is -0.285 e. The molecule has 6 heteroatoms. The Kier molecular flexibility index (Phi) is 6.15. The van der Waals surface area contributed by atoms with E-state index in [-0.39, 0.29) is 6.42 Å². The zero-order valence-electron chi connectivity index (χ0n) is 7.25. The smallest absolute Gasteiger partial charge is 0.267 e. The third-order valence-electron chi connectivity index (χ3n) is 1.54. The molecule has 13 heavy (non-hydrogen) atoms. The van der Waals surface area contributed by atoms with E-state index in [0.29, 0.717) is 19.3 Å². The molecule has 0 aliphatic heterocycles. The van der Waals surface area contributed by atoms with E-state index in [2.05, 4.69) is 0 Å². The lowest BCUT2D eigenvalue weighted by atomic mass is 10.1. The van der Waals surface area contributed by atoms with E-state index >= 15 is 0 Å². The molecule has 0 rings (SSSR count). The summed E-state index contributed by atoms with van der Waals surface area (Å²) in [4.78, 5) is 0. The minimum absolute atomic E-state index is 0.0553. The van der Waals surface area contributed by atoms with Gasteiger partial charge in [0, 0.05) is 0 Å². The van der Waals surface area contributed by atoms with E-state index in [1.807, 2.05) is 0 Å². The normalized spacial score (nSPS) is 14.4. The first-order valence-corrected chi connectivity index (χ1v) is 5.72. The van der Waals surface area contributed by atoms with Crippen molar-refractivity contribution in [1.29, 1.82) is 0 Å². The van der Waals surface area contributed by atoms with Gasteiger partial charge in [-0.2, -0.15) is 8.42 Å². The highest BCUT2D eigenvalue weighted by Gasteiger charge is 2.14. The van der Waals surface area contributed by atoms with Gasteiger partial charge in [-0.1, -0.05) is 12.8 Å². The third-order valence-corrected chi connectivity index (χ3v) is 2.33. The van der Waals surface area contributed by atoms with Gasteiger partial charge in [0.05, 0.1) is 6.67 Å². The standard InChI is InChI=1S/C7H14F2O3S/c8-5-3-1-2-4-7(9)6-13(10,11)12/h7H,1-6H2,(H,10,11,12). The van der Waals surface area contributed by atoms with Crippen LogP contribution < -0.4 is 0 Å². The van der Waals surface area contributed by atoms with Gasteiger partial charge in [-0.3, -0.25) is 8.94 Å². The van der Waals surface area contributed by atoms with Crippen LogP contribution in [0.2, 0.25) is 0 Å². The van der Waals surface area contributed by atoms with Crippen molar-refractivity contribution in [1.82, 2.24) is 0 Å². The van der Waals surface area contributed by atoms with Crippen LogP contribution >= 0.6 is 0 Å². The Morgan fingerprint density at radius 2 is 1.85 bits per heavy atom. The van der Waals surface area contributed by atoms with Crippen LogP contribution in [0, 0.1) is 0 Å². The third kappa shape index (κ3) is 9.69. The van der Waals surface area contributed by atoms with Crippen molar-refractivity contribution in [3.05, 3.63) is 0 Å². The van der Waals surface area contributed by atoms with Gasteiger partial charge in [-0.25, -0.2) is 4.39 Å². The van der Waals surface area contributed by atoms with Crippen LogP contribution in [0.15, 0.2) is 0 Å². The van der Waals surface area contributed by atoms with Crippen LogP contribution in [-0.4, -0.2) is 31.6 Å². The molecule has 0 aliphatic carbocycles. The summed E-state index contributed by atoms with van der Waals surface area (Å²) in [5.74, 6) is -0.859. The maximum atomic E-state index is 12.7. The summed E-state index contributed by atoms with van der Waals surface area (Å²) in [5.41, 5.74) is 0. The molecule has 0 saturated heterocycles. The van der Waals surface area contributed by atoms with E-state index in [1.165, 1.54) is 0 Å². The number of unbranched alkanes of at least 4 members (excludes halogenated alkanes) is 2. The Hall–Kier alpha value is -0.230. The first kappa shape index (κ1) is 12.8. The SMILES string of the molecule is O=S(=O)(O)CC(F)CCCCCF. The second kappa shape index (κ2) is 6.26. The zero-order valence-corrected chi connectivity index (χ0v) is 8.06. The average Bonchev–Trinajstić information content (AvgIpc) is 1.94. The van der Waals surface area contributed by atoms with E-state index in [1.54, 1.807) is 0 Å². The molecule has 0 aliphatic rings.